The number of benzene rings is 2. The van der Waals surface area contributed by atoms with Crippen molar-refractivity contribution >= 4 is 6.21 Å². The van der Waals surface area contributed by atoms with Crippen LogP contribution in [-0.4, -0.2) is 6.21 Å². The van der Waals surface area contributed by atoms with Crippen molar-refractivity contribution in [2.45, 2.75) is 31.1 Å². The highest BCUT2D eigenvalue weighted by atomic mass is 14.4. The molecule has 3 rings (SSSR count). The molecule has 1 heteroatoms. The van der Waals surface area contributed by atoms with E-state index in [9.17, 15) is 0 Å². The highest BCUT2D eigenvalue weighted by molar-refractivity contribution is 5.62. The number of fused-ring (bicyclic) bond motifs is 2. The fourth-order valence-corrected chi connectivity index (χ4v) is 3.77. The molecule has 0 unspecified atom stereocenters. The molecule has 106 valence electrons. The molecule has 0 atom stereocenters. The standard InChI is InChI=1S/C20H21N/c1-2-13-20(14-15-21)18-9-5-3-7-16(18)11-12-17-8-4-6-10-19(17)20/h2-10,15,21H,1,11-14H2. The van der Waals surface area contributed by atoms with Gasteiger partial charge in [0.25, 0.3) is 0 Å². The first-order valence-electron chi connectivity index (χ1n) is 7.58. The van der Waals surface area contributed by atoms with E-state index in [0.29, 0.717) is 0 Å². The third-order valence-electron chi connectivity index (χ3n) is 4.67. The van der Waals surface area contributed by atoms with Gasteiger partial charge in [-0.1, -0.05) is 54.6 Å². The van der Waals surface area contributed by atoms with Crippen LogP contribution in [0.4, 0.5) is 0 Å². The van der Waals surface area contributed by atoms with Crippen LogP contribution in [0.1, 0.15) is 35.1 Å². The highest BCUT2D eigenvalue weighted by Gasteiger charge is 2.37. The van der Waals surface area contributed by atoms with Crippen LogP contribution in [0.3, 0.4) is 0 Å². The molecule has 0 fully saturated rings. The number of rotatable bonds is 4. The van der Waals surface area contributed by atoms with E-state index in [2.05, 4.69) is 55.1 Å². The van der Waals surface area contributed by atoms with Crippen LogP contribution in [0, 0.1) is 5.41 Å². The summed E-state index contributed by atoms with van der Waals surface area (Å²) in [5, 5.41) is 7.74. The zero-order valence-corrected chi connectivity index (χ0v) is 12.3. The zero-order chi connectivity index (χ0) is 14.7. The molecule has 0 aromatic heterocycles. The minimum absolute atomic E-state index is 0.132. The van der Waals surface area contributed by atoms with Gasteiger partial charge < -0.3 is 5.41 Å². The lowest BCUT2D eigenvalue weighted by molar-refractivity contribution is 0.543. The van der Waals surface area contributed by atoms with Crippen molar-refractivity contribution in [2.24, 2.45) is 0 Å². The molecular weight excluding hydrogens is 254 g/mol. The molecule has 1 N–H and O–H groups in total. The van der Waals surface area contributed by atoms with Gasteiger partial charge in [-0.2, -0.15) is 0 Å². The average molecular weight is 275 g/mol. The monoisotopic (exact) mass is 275 g/mol. The minimum Gasteiger partial charge on any atom is -0.313 e. The summed E-state index contributed by atoms with van der Waals surface area (Å²) in [6.07, 6.45) is 7.31. The number of nitrogens with one attached hydrogen (secondary N) is 1. The molecule has 0 saturated heterocycles. The minimum atomic E-state index is -0.132. The maximum absolute atomic E-state index is 7.74. The maximum atomic E-state index is 7.74. The van der Waals surface area contributed by atoms with Gasteiger partial charge in [0, 0.05) is 5.41 Å². The van der Waals surface area contributed by atoms with E-state index in [0.717, 1.165) is 25.7 Å². The van der Waals surface area contributed by atoms with Gasteiger partial charge in [0.05, 0.1) is 0 Å². The second kappa shape index (κ2) is 5.69. The molecular formula is C20H21N. The molecule has 1 aliphatic carbocycles. The number of aryl methyl sites for hydroxylation is 2. The van der Waals surface area contributed by atoms with Gasteiger partial charge in [0.2, 0.25) is 0 Å². The Morgan fingerprint density at radius 3 is 1.90 bits per heavy atom. The molecule has 0 radical (unpaired) electrons. The summed E-state index contributed by atoms with van der Waals surface area (Å²) in [7, 11) is 0. The van der Waals surface area contributed by atoms with Crippen LogP contribution in [0.15, 0.2) is 61.2 Å². The fourth-order valence-electron chi connectivity index (χ4n) is 3.77. The molecule has 0 spiro atoms. The number of allylic oxidation sites excluding steroid dienone is 1. The van der Waals surface area contributed by atoms with Crippen LogP contribution < -0.4 is 0 Å². The fraction of sp³-hybridized carbons (Fsp3) is 0.250. The largest absolute Gasteiger partial charge is 0.313 e. The highest BCUT2D eigenvalue weighted by Crippen LogP contribution is 2.44. The van der Waals surface area contributed by atoms with Crippen LogP contribution in [-0.2, 0) is 18.3 Å². The Kier molecular flexibility index (Phi) is 3.74. The first-order valence-corrected chi connectivity index (χ1v) is 7.58. The lowest BCUT2D eigenvalue weighted by Crippen LogP contribution is -2.29. The van der Waals surface area contributed by atoms with Gasteiger partial charge >= 0.3 is 0 Å². The van der Waals surface area contributed by atoms with E-state index < -0.39 is 0 Å². The smallest absolute Gasteiger partial charge is 0.0291 e. The van der Waals surface area contributed by atoms with Crippen molar-refractivity contribution in [1.82, 2.24) is 0 Å². The summed E-state index contributed by atoms with van der Waals surface area (Å²) in [6, 6.07) is 17.4. The molecule has 0 aliphatic heterocycles. The maximum Gasteiger partial charge on any atom is 0.0291 e. The van der Waals surface area contributed by atoms with E-state index in [1.54, 1.807) is 6.21 Å². The third-order valence-corrected chi connectivity index (χ3v) is 4.67. The van der Waals surface area contributed by atoms with Crippen molar-refractivity contribution in [3.63, 3.8) is 0 Å². The predicted octanol–water partition coefficient (Wildman–Crippen LogP) is 4.69. The predicted molar refractivity (Wildman–Crippen MR) is 89.3 cm³/mol. The number of hydrogen-bond donors (Lipinski definition) is 1. The lowest BCUT2D eigenvalue weighted by atomic mass is 9.68. The summed E-state index contributed by atoms with van der Waals surface area (Å²) < 4.78 is 0. The van der Waals surface area contributed by atoms with E-state index in [4.69, 9.17) is 5.41 Å². The molecule has 0 heterocycles. The van der Waals surface area contributed by atoms with Gasteiger partial charge in [0.15, 0.2) is 0 Å². The summed E-state index contributed by atoms with van der Waals surface area (Å²) in [4.78, 5) is 0. The average Bonchev–Trinajstić information content (AvgIpc) is 2.65. The van der Waals surface area contributed by atoms with E-state index in [1.807, 2.05) is 6.08 Å². The zero-order valence-electron chi connectivity index (χ0n) is 12.3. The quantitative estimate of drug-likeness (QED) is 0.618. The van der Waals surface area contributed by atoms with Crippen molar-refractivity contribution in [2.75, 3.05) is 0 Å². The molecule has 1 nitrogen and oxygen atoms in total. The van der Waals surface area contributed by atoms with E-state index in [-0.39, 0.29) is 5.41 Å². The van der Waals surface area contributed by atoms with Crippen molar-refractivity contribution in [3.05, 3.63) is 83.4 Å². The van der Waals surface area contributed by atoms with Gasteiger partial charge in [-0.3, -0.25) is 0 Å². The third kappa shape index (κ3) is 2.23. The first-order chi connectivity index (χ1) is 10.3. The summed E-state index contributed by atoms with van der Waals surface area (Å²) in [5.74, 6) is 0. The summed E-state index contributed by atoms with van der Waals surface area (Å²) in [6.45, 7) is 3.98. The Hall–Kier alpha value is -2.15. The SMILES string of the molecule is C=CCC1(CC=N)c2ccccc2CCc2ccccc21. The Balaban J connectivity index is 2.32. The topological polar surface area (TPSA) is 23.9 Å². The van der Waals surface area contributed by atoms with Gasteiger partial charge in [-0.15, -0.1) is 6.58 Å². The normalized spacial score (nSPS) is 15.4. The molecule has 0 bridgehead atoms. The van der Waals surface area contributed by atoms with Crippen molar-refractivity contribution in [3.8, 4) is 0 Å². The van der Waals surface area contributed by atoms with Gasteiger partial charge in [-0.25, -0.2) is 0 Å². The Morgan fingerprint density at radius 1 is 0.905 bits per heavy atom. The van der Waals surface area contributed by atoms with Crippen LogP contribution in [0.5, 0.6) is 0 Å². The second-order valence-electron chi connectivity index (χ2n) is 5.80. The Bertz CT molecular complexity index is 610. The van der Waals surface area contributed by atoms with Crippen LogP contribution >= 0.6 is 0 Å². The summed E-state index contributed by atoms with van der Waals surface area (Å²) >= 11 is 0. The van der Waals surface area contributed by atoms with E-state index >= 15 is 0 Å². The van der Waals surface area contributed by atoms with Crippen molar-refractivity contribution in [1.29, 1.82) is 5.41 Å². The molecule has 0 saturated carbocycles. The van der Waals surface area contributed by atoms with Gasteiger partial charge in [-0.05, 0) is 54.2 Å². The van der Waals surface area contributed by atoms with E-state index in [1.165, 1.54) is 22.3 Å². The Morgan fingerprint density at radius 2 is 1.43 bits per heavy atom. The first kappa shape index (κ1) is 13.8. The van der Waals surface area contributed by atoms with Crippen LogP contribution in [0.25, 0.3) is 0 Å². The Labute approximate surface area is 126 Å². The molecule has 2 aromatic carbocycles. The number of hydrogen-bond acceptors (Lipinski definition) is 1. The lowest BCUT2D eigenvalue weighted by Gasteiger charge is -2.34. The second-order valence-corrected chi connectivity index (χ2v) is 5.80. The van der Waals surface area contributed by atoms with Gasteiger partial charge in [0.1, 0.15) is 0 Å². The molecule has 21 heavy (non-hydrogen) atoms. The van der Waals surface area contributed by atoms with Crippen molar-refractivity contribution < 1.29 is 0 Å². The molecule has 2 aromatic rings. The van der Waals surface area contributed by atoms with Crippen LogP contribution in [0.2, 0.25) is 0 Å². The molecule has 1 aliphatic rings. The molecule has 0 amide bonds. The summed E-state index contributed by atoms with van der Waals surface area (Å²) in [5.41, 5.74) is 5.44.